The SMILES string of the molecule is CSCC(C)CNc1ncc(Cl)cc1Br. The third kappa shape index (κ3) is 4.62. The lowest BCUT2D eigenvalue weighted by atomic mass is 10.2. The van der Waals surface area contributed by atoms with Crippen LogP contribution in [0.4, 0.5) is 5.82 Å². The molecule has 0 radical (unpaired) electrons. The van der Waals surface area contributed by atoms with Crippen LogP contribution >= 0.6 is 39.3 Å². The zero-order valence-corrected chi connectivity index (χ0v) is 11.9. The topological polar surface area (TPSA) is 24.9 Å². The molecule has 1 heterocycles. The number of anilines is 1. The number of pyridine rings is 1. The van der Waals surface area contributed by atoms with E-state index in [0.29, 0.717) is 10.9 Å². The van der Waals surface area contributed by atoms with Crippen LogP contribution in [0, 0.1) is 5.92 Å². The zero-order chi connectivity index (χ0) is 11.3. The Morgan fingerprint density at radius 2 is 2.40 bits per heavy atom. The van der Waals surface area contributed by atoms with E-state index in [1.807, 2.05) is 17.8 Å². The van der Waals surface area contributed by atoms with Gasteiger partial charge in [0.15, 0.2) is 0 Å². The van der Waals surface area contributed by atoms with E-state index in [1.165, 1.54) is 0 Å². The van der Waals surface area contributed by atoms with Gasteiger partial charge in [0.2, 0.25) is 0 Å². The highest BCUT2D eigenvalue weighted by Crippen LogP contribution is 2.23. The number of aromatic nitrogens is 1. The summed E-state index contributed by atoms with van der Waals surface area (Å²) >= 11 is 11.1. The van der Waals surface area contributed by atoms with Crippen molar-refractivity contribution >= 4 is 45.1 Å². The van der Waals surface area contributed by atoms with Gasteiger partial charge >= 0.3 is 0 Å². The van der Waals surface area contributed by atoms with Crippen LogP contribution < -0.4 is 5.32 Å². The van der Waals surface area contributed by atoms with E-state index in [-0.39, 0.29) is 0 Å². The Kier molecular flexibility index (Phi) is 5.79. The average Bonchev–Trinajstić information content (AvgIpc) is 2.17. The maximum absolute atomic E-state index is 5.81. The lowest BCUT2D eigenvalue weighted by Gasteiger charge is -2.12. The molecule has 0 saturated heterocycles. The van der Waals surface area contributed by atoms with Gasteiger partial charge in [0.05, 0.1) is 9.50 Å². The fraction of sp³-hybridized carbons (Fsp3) is 0.500. The van der Waals surface area contributed by atoms with Crippen molar-refractivity contribution < 1.29 is 0 Å². The van der Waals surface area contributed by atoms with Crippen molar-refractivity contribution in [3.63, 3.8) is 0 Å². The third-order valence-corrected chi connectivity index (χ3v) is 3.59. The smallest absolute Gasteiger partial charge is 0.140 e. The van der Waals surface area contributed by atoms with Crippen molar-refractivity contribution in [2.24, 2.45) is 5.92 Å². The number of nitrogens with one attached hydrogen (secondary N) is 1. The molecular weight excluding hydrogens is 296 g/mol. The normalized spacial score (nSPS) is 12.5. The molecule has 1 unspecified atom stereocenters. The molecule has 1 aromatic rings. The molecule has 1 N–H and O–H groups in total. The van der Waals surface area contributed by atoms with Crippen LogP contribution in [0.5, 0.6) is 0 Å². The molecule has 0 aliphatic heterocycles. The Morgan fingerprint density at radius 1 is 1.67 bits per heavy atom. The van der Waals surface area contributed by atoms with E-state index in [9.17, 15) is 0 Å². The highest BCUT2D eigenvalue weighted by atomic mass is 79.9. The van der Waals surface area contributed by atoms with Crippen LogP contribution in [-0.2, 0) is 0 Å². The molecule has 0 bridgehead atoms. The summed E-state index contributed by atoms with van der Waals surface area (Å²) in [5.74, 6) is 2.63. The van der Waals surface area contributed by atoms with Gasteiger partial charge in [-0.1, -0.05) is 18.5 Å². The van der Waals surface area contributed by atoms with E-state index in [0.717, 1.165) is 22.6 Å². The first-order valence-electron chi connectivity index (χ1n) is 4.67. The molecule has 0 saturated carbocycles. The van der Waals surface area contributed by atoms with Crippen molar-refractivity contribution in [2.75, 3.05) is 23.9 Å². The molecule has 0 aliphatic rings. The van der Waals surface area contributed by atoms with Crippen molar-refractivity contribution in [1.82, 2.24) is 4.98 Å². The van der Waals surface area contributed by atoms with Crippen molar-refractivity contribution in [3.8, 4) is 0 Å². The molecule has 0 aliphatic carbocycles. The van der Waals surface area contributed by atoms with Gasteiger partial charge in [-0.2, -0.15) is 11.8 Å². The number of halogens is 2. The zero-order valence-electron chi connectivity index (χ0n) is 8.76. The van der Waals surface area contributed by atoms with E-state index in [4.69, 9.17) is 11.6 Å². The van der Waals surface area contributed by atoms with Crippen LogP contribution in [0.1, 0.15) is 6.92 Å². The first-order valence-corrected chi connectivity index (χ1v) is 7.23. The Bertz CT molecular complexity index is 322. The Labute approximate surface area is 108 Å². The summed E-state index contributed by atoms with van der Waals surface area (Å²) in [5, 5.41) is 3.94. The van der Waals surface area contributed by atoms with Gasteiger partial charge < -0.3 is 5.32 Å². The number of hydrogen-bond donors (Lipinski definition) is 1. The quantitative estimate of drug-likeness (QED) is 0.892. The van der Waals surface area contributed by atoms with Crippen molar-refractivity contribution in [1.29, 1.82) is 0 Å². The number of nitrogens with zero attached hydrogens (tertiary/aromatic N) is 1. The second-order valence-electron chi connectivity index (χ2n) is 3.43. The minimum atomic E-state index is 0.629. The Balaban J connectivity index is 2.50. The molecular formula is C10H14BrClN2S. The molecule has 15 heavy (non-hydrogen) atoms. The van der Waals surface area contributed by atoms with Gasteiger partial charge in [0.1, 0.15) is 5.82 Å². The number of thioether (sulfide) groups is 1. The highest BCUT2D eigenvalue weighted by Gasteiger charge is 2.04. The maximum Gasteiger partial charge on any atom is 0.140 e. The van der Waals surface area contributed by atoms with Crippen LogP contribution in [0.15, 0.2) is 16.7 Å². The molecule has 84 valence electrons. The lowest BCUT2D eigenvalue weighted by molar-refractivity contribution is 0.699. The minimum absolute atomic E-state index is 0.629. The molecule has 0 fully saturated rings. The van der Waals surface area contributed by atoms with E-state index < -0.39 is 0 Å². The van der Waals surface area contributed by atoms with Gasteiger partial charge in [-0.15, -0.1) is 0 Å². The molecule has 1 rings (SSSR count). The molecule has 5 heteroatoms. The van der Waals surface area contributed by atoms with Crippen LogP contribution in [-0.4, -0.2) is 23.5 Å². The fourth-order valence-corrected chi connectivity index (χ4v) is 2.62. The standard InChI is InChI=1S/C10H14BrClN2S/c1-7(6-15-2)4-13-10-9(11)3-8(12)5-14-10/h3,5,7H,4,6H2,1-2H3,(H,13,14). The van der Waals surface area contributed by atoms with Gasteiger partial charge in [0.25, 0.3) is 0 Å². The predicted octanol–water partition coefficient (Wildman–Crippen LogP) is 3.91. The summed E-state index contributed by atoms with van der Waals surface area (Å²) in [6.07, 6.45) is 3.76. The summed E-state index contributed by atoms with van der Waals surface area (Å²) in [6, 6.07) is 1.84. The van der Waals surface area contributed by atoms with Crippen LogP contribution in [0.25, 0.3) is 0 Å². The number of hydrogen-bond acceptors (Lipinski definition) is 3. The van der Waals surface area contributed by atoms with E-state index in [2.05, 4.69) is 39.4 Å². The monoisotopic (exact) mass is 308 g/mol. The molecule has 1 atom stereocenters. The van der Waals surface area contributed by atoms with Gasteiger partial charge in [-0.25, -0.2) is 4.98 Å². The third-order valence-electron chi connectivity index (χ3n) is 1.88. The van der Waals surface area contributed by atoms with E-state index in [1.54, 1.807) is 6.20 Å². The molecule has 0 spiro atoms. The minimum Gasteiger partial charge on any atom is -0.369 e. The van der Waals surface area contributed by atoms with Crippen LogP contribution in [0.2, 0.25) is 5.02 Å². The van der Waals surface area contributed by atoms with Crippen LogP contribution in [0.3, 0.4) is 0 Å². The highest BCUT2D eigenvalue weighted by molar-refractivity contribution is 9.10. The first-order chi connectivity index (χ1) is 7.13. The second kappa shape index (κ2) is 6.61. The first kappa shape index (κ1) is 13.1. The van der Waals surface area contributed by atoms with Crippen molar-refractivity contribution in [3.05, 3.63) is 21.8 Å². The van der Waals surface area contributed by atoms with Gasteiger partial charge in [-0.3, -0.25) is 0 Å². The predicted molar refractivity (Wildman–Crippen MR) is 73.0 cm³/mol. The molecule has 2 nitrogen and oxygen atoms in total. The van der Waals surface area contributed by atoms with Gasteiger partial charge in [-0.05, 0) is 39.9 Å². The summed E-state index contributed by atoms with van der Waals surface area (Å²) in [6.45, 7) is 3.14. The van der Waals surface area contributed by atoms with Gasteiger partial charge in [0, 0.05) is 12.7 Å². The van der Waals surface area contributed by atoms with E-state index >= 15 is 0 Å². The Hall–Kier alpha value is 0.0700. The second-order valence-corrected chi connectivity index (χ2v) is 5.63. The number of rotatable bonds is 5. The molecule has 1 aromatic heterocycles. The summed E-state index contributed by atoms with van der Waals surface area (Å²) in [5.41, 5.74) is 0. The summed E-state index contributed by atoms with van der Waals surface area (Å²) in [7, 11) is 0. The van der Waals surface area contributed by atoms with Crippen molar-refractivity contribution in [2.45, 2.75) is 6.92 Å². The Morgan fingerprint density at radius 3 is 3.00 bits per heavy atom. The average molecular weight is 310 g/mol. The molecule has 0 aromatic carbocycles. The maximum atomic E-state index is 5.81. The summed E-state index contributed by atoms with van der Waals surface area (Å²) < 4.78 is 0.909. The fourth-order valence-electron chi connectivity index (χ4n) is 1.16. The summed E-state index contributed by atoms with van der Waals surface area (Å²) in [4.78, 5) is 4.21. The largest absolute Gasteiger partial charge is 0.369 e. The lowest BCUT2D eigenvalue weighted by Crippen LogP contribution is -2.14. The molecule has 0 amide bonds.